The van der Waals surface area contributed by atoms with Crippen molar-refractivity contribution in [3.05, 3.63) is 51.3 Å². The van der Waals surface area contributed by atoms with Crippen molar-refractivity contribution in [1.29, 1.82) is 0 Å². The highest BCUT2D eigenvalue weighted by Crippen LogP contribution is 2.23. The predicted molar refractivity (Wildman–Crippen MR) is 83.4 cm³/mol. The van der Waals surface area contributed by atoms with Gasteiger partial charge < -0.3 is 19.8 Å². The van der Waals surface area contributed by atoms with Crippen LogP contribution in [0.1, 0.15) is 11.7 Å². The van der Waals surface area contributed by atoms with Gasteiger partial charge in [-0.25, -0.2) is 0 Å². The molecule has 1 aliphatic heterocycles. The Morgan fingerprint density at radius 2 is 2.17 bits per heavy atom. The van der Waals surface area contributed by atoms with Gasteiger partial charge in [-0.1, -0.05) is 28.7 Å². The highest BCUT2D eigenvalue weighted by atomic mass is 35.5. The fourth-order valence-corrected chi connectivity index (χ4v) is 2.56. The van der Waals surface area contributed by atoms with E-state index in [1.807, 2.05) is 12.1 Å². The summed E-state index contributed by atoms with van der Waals surface area (Å²) in [5, 5.41) is 14.9. The highest BCUT2D eigenvalue weighted by molar-refractivity contribution is 6.30. The molecule has 1 aromatic carbocycles. The number of benzene rings is 1. The van der Waals surface area contributed by atoms with Crippen molar-refractivity contribution in [3.63, 3.8) is 0 Å². The standard InChI is InChI=1S/C14H14ClN5O4/c15-11-3-1-10(2-4-11)12-7-18(5-6-24-12)13(21)8-19-9-16-14(17-19)20(22)23/h1-4,9,12H,5-8H2. The van der Waals surface area contributed by atoms with Crippen LogP contribution in [0.2, 0.25) is 5.02 Å². The fraction of sp³-hybridized carbons (Fsp3) is 0.357. The summed E-state index contributed by atoms with van der Waals surface area (Å²) in [6.07, 6.45) is 0.942. The number of amides is 1. The van der Waals surface area contributed by atoms with Gasteiger partial charge in [-0.05, 0) is 22.6 Å². The zero-order valence-electron chi connectivity index (χ0n) is 12.5. The molecule has 126 valence electrons. The van der Waals surface area contributed by atoms with Gasteiger partial charge in [-0.3, -0.25) is 4.79 Å². The van der Waals surface area contributed by atoms with Crippen LogP contribution in [0.15, 0.2) is 30.6 Å². The number of ether oxygens (including phenoxy) is 1. The number of hydrogen-bond donors (Lipinski definition) is 0. The molecule has 0 saturated carbocycles. The quantitative estimate of drug-likeness (QED) is 0.610. The van der Waals surface area contributed by atoms with Crippen LogP contribution in [0.3, 0.4) is 0 Å². The molecule has 1 aromatic heterocycles. The van der Waals surface area contributed by atoms with Crippen LogP contribution in [0.4, 0.5) is 5.95 Å². The molecule has 1 fully saturated rings. The molecule has 9 nitrogen and oxygen atoms in total. The third-order valence-electron chi connectivity index (χ3n) is 3.65. The predicted octanol–water partition coefficient (Wildman–Crippen LogP) is 1.44. The molecule has 2 heterocycles. The molecule has 2 aromatic rings. The molecular formula is C14H14ClN5O4. The first-order valence-electron chi connectivity index (χ1n) is 7.21. The molecule has 24 heavy (non-hydrogen) atoms. The third-order valence-corrected chi connectivity index (χ3v) is 3.90. The number of nitro groups is 1. The summed E-state index contributed by atoms with van der Waals surface area (Å²) in [6, 6.07) is 7.27. The SMILES string of the molecule is O=C(Cn1cnc([N+](=O)[O-])n1)N1CCOC(c2ccc(Cl)cc2)C1. The van der Waals surface area contributed by atoms with E-state index in [-0.39, 0.29) is 18.6 Å². The van der Waals surface area contributed by atoms with E-state index in [1.165, 1.54) is 6.33 Å². The number of hydrogen-bond acceptors (Lipinski definition) is 6. The fourth-order valence-electron chi connectivity index (χ4n) is 2.44. The van der Waals surface area contributed by atoms with E-state index in [1.54, 1.807) is 17.0 Å². The second-order valence-electron chi connectivity index (χ2n) is 5.25. The van der Waals surface area contributed by atoms with Crippen LogP contribution in [0, 0.1) is 10.1 Å². The average molecular weight is 352 g/mol. The van der Waals surface area contributed by atoms with Crippen LogP contribution >= 0.6 is 11.6 Å². The normalized spacial score (nSPS) is 17.7. The van der Waals surface area contributed by atoms with E-state index in [0.29, 0.717) is 24.7 Å². The van der Waals surface area contributed by atoms with Crippen molar-refractivity contribution in [3.8, 4) is 0 Å². The zero-order valence-corrected chi connectivity index (χ0v) is 13.3. The first-order valence-corrected chi connectivity index (χ1v) is 7.59. The van der Waals surface area contributed by atoms with Gasteiger partial charge in [0.1, 0.15) is 12.6 Å². The topological polar surface area (TPSA) is 103 Å². The smallest absolute Gasteiger partial charge is 0.390 e. The van der Waals surface area contributed by atoms with Crippen molar-refractivity contribution < 1.29 is 14.5 Å². The molecular weight excluding hydrogens is 338 g/mol. The maximum absolute atomic E-state index is 12.4. The van der Waals surface area contributed by atoms with E-state index in [4.69, 9.17) is 16.3 Å². The van der Waals surface area contributed by atoms with E-state index >= 15 is 0 Å². The average Bonchev–Trinajstić information content (AvgIpc) is 3.04. The minimum Gasteiger partial charge on any atom is -0.390 e. The van der Waals surface area contributed by atoms with Gasteiger partial charge in [-0.2, -0.15) is 4.68 Å². The summed E-state index contributed by atoms with van der Waals surface area (Å²) in [7, 11) is 0. The number of aromatic nitrogens is 3. The number of carbonyl (C=O) groups is 1. The van der Waals surface area contributed by atoms with Gasteiger partial charge in [0.05, 0.1) is 13.2 Å². The molecule has 1 unspecified atom stereocenters. The van der Waals surface area contributed by atoms with Gasteiger partial charge in [0.2, 0.25) is 12.2 Å². The van der Waals surface area contributed by atoms with E-state index in [2.05, 4.69) is 10.1 Å². The molecule has 0 spiro atoms. The molecule has 0 N–H and O–H groups in total. The lowest BCUT2D eigenvalue weighted by molar-refractivity contribution is -0.394. The van der Waals surface area contributed by atoms with Gasteiger partial charge in [0.25, 0.3) is 0 Å². The Labute approximate surface area is 141 Å². The summed E-state index contributed by atoms with van der Waals surface area (Å²) < 4.78 is 6.87. The molecule has 1 atom stereocenters. The van der Waals surface area contributed by atoms with Crippen molar-refractivity contribution in [1.82, 2.24) is 19.7 Å². The van der Waals surface area contributed by atoms with Crippen molar-refractivity contribution in [2.45, 2.75) is 12.6 Å². The van der Waals surface area contributed by atoms with Crippen LogP contribution in [-0.4, -0.2) is 50.2 Å². The van der Waals surface area contributed by atoms with Gasteiger partial charge in [0.15, 0.2) is 0 Å². The van der Waals surface area contributed by atoms with E-state index in [9.17, 15) is 14.9 Å². The first-order chi connectivity index (χ1) is 11.5. The Morgan fingerprint density at radius 3 is 2.83 bits per heavy atom. The third kappa shape index (κ3) is 3.69. The van der Waals surface area contributed by atoms with Crippen LogP contribution in [0.25, 0.3) is 0 Å². The molecule has 0 bridgehead atoms. The first kappa shape index (κ1) is 16.3. The maximum Gasteiger partial charge on any atom is 0.490 e. The number of morpholine rings is 1. The maximum atomic E-state index is 12.4. The van der Waals surface area contributed by atoms with Crippen molar-refractivity contribution in [2.75, 3.05) is 19.7 Å². The summed E-state index contributed by atoms with van der Waals surface area (Å²) >= 11 is 5.88. The van der Waals surface area contributed by atoms with Gasteiger partial charge >= 0.3 is 5.95 Å². The van der Waals surface area contributed by atoms with Gasteiger partial charge in [-0.15, -0.1) is 0 Å². The molecule has 10 heteroatoms. The largest absolute Gasteiger partial charge is 0.490 e. The number of halogens is 1. The van der Waals surface area contributed by atoms with Crippen LogP contribution in [-0.2, 0) is 16.1 Å². The highest BCUT2D eigenvalue weighted by Gasteiger charge is 2.26. The monoisotopic (exact) mass is 351 g/mol. The van der Waals surface area contributed by atoms with Crippen LogP contribution < -0.4 is 0 Å². The minimum absolute atomic E-state index is 0.103. The Morgan fingerprint density at radius 1 is 1.42 bits per heavy atom. The Bertz CT molecular complexity index is 748. The second-order valence-corrected chi connectivity index (χ2v) is 5.69. The molecule has 1 saturated heterocycles. The van der Waals surface area contributed by atoms with Crippen molar-refractivity contribution in [2.24, 2.45) is 0 Å². The summed E-state index contributed by atoms with van der Waals surface area (Å²) in [4.78, 5) is 27.4. The molecule has 3 rings (SSSR count). The number of rotatable bonds is 4. The minimum atomic E-state index is -0.702. The Balaban J connectivity index is 1.64. The summed E-state index contributed by atoms with van der Waals surface area (Å²) in [5.74, 6) is -0.721. The summed E-state index contributed by atoms with van der Waals surface area (Å²) in [5.41, 5.74) is 0.938. The number of nitrogens with zero attached hydrogens (tertiary/aromatic N) is 5. The lowest BCUT2D eigenvalue weighted by atomic mass is 10.1. The Hall–Kier alpha value is -2.52. The Kier molecular flexibility index (Phi) is 4.72. The second kappa shape index (κ2) is 6.93. The van der Waals surface area contributed by atoms with Crippen molar-refractivity contribution >= 4 is 23.5 Å². The molecule has 1 aliphatic rings. The lowest BCUT2D eigenvalue weighted by Gasteiger charge is -2.33. The van der Waals surface area contributed by atoms with Crippen LogP contribution in [0.5, 0.6) is 0 Å². The number of carbonyl (C=O) groups excluding carboxylic acids is 1. The van der Waals surface area contributed by atoms with E-state index < -0.39 is 10.9 Å². The summed E-state index contributed by atoms with van der Waals surface area (Å²) in [6.45, 7) is 1.17. The zero-order chi connectivity index (χ0) is 17.1. The van der Waals surface area contributed by atoms with E-state index in [0.717, 1.165) is 10.2 Å². The molecule has 1 amide bonds. The molecule has 0 aliphatic carbocycles. The lowest BCUT2D eigenvalue weighted by Crippen LogP contribution is -2.43. The molecule has 0 radical (unpaired) electrons. The van der Waals surface area contributed by atoms with Gasteiger partial charge in [0, 0.05) is 16.7 Å².